The first-order chi connectivity index (χ1) is 10.9. The van der Waals surface area contributed by atoms with Gasteiger partial charge in [0.1, 0.15) is 10.5 Å². The molecule has 23 heavy (non-hydrogen) atoms. The van der Waals surface area contributed by atoms with E-state index in [2.05, 4.69) is 15.3 Å². The number of thiazole rings is 1. The van der Waals surface area contributed by atoms with E-state index < -0.39 is 11.4 Å². The average molecular weight is 355 g/mol. The fourth-order valence-corrected chi connectivity index (χ4v) is 3.99. The number of hydrogen-bond donors (Lipinski definition) is 1. The molecular formula is C15H16ClFN4OS. The molecule has 1 amide bonds. The second kappa shape index (κ2) is 6.05. The fraction of sp³-hybridized carbons (Fsp3) is 0.400. The minimum absolute atomic E-state index is 0.135. The maximum atomic E-state index is 14.1. The van der Waals surface area contributed by atoms with Crippen molar-refractivity contribution in [2.75, 3.05) is 18.0 Å². The molecule has 0 spiro atoms. The van der Waals surface area contributed by atoms with E-state index in [4.69, 9.17) is 11.6 Å². The normalized spacial score (nSPS) is 20.8. The van der Waals surface area contributed by atoms with Crippen LogP contribution in [0.15, 0.2) is 17.6 Å². The van der Waals surface area contributed by atoms with Crippen LogP contribution in [0.4, 0.5) is 10.2 Å². The molecule has 0 aromatic carbocycles. The largest absolute Gasteiger partial charge is 0.351 e. The summed E-state index contributed by atoms with van der Waals surface area (Å²) in [6, 6.07) is 1.25. The number of aryl methyl sites for hydroxylation is 1. The lowest BCUT2D eigenvalue weighted by atomic mass is 9.99. The topological polar surface area (TPSA) is 58.1 Å². The zero-order chi connectivity index (χ0) is 16.6. The van der Waals surface area contributed by atoms with Gasteiger partial charge in [0.2, 0.25) is 5.91 Å². The van der Waals surface area contributed by atoms with Crippen LogP contribution in [0, 0.1) is 12.7 Å². The van der Waals surface area contributed by atoms with Crippen LogP contribution >= 0.6 is 22.9 Å². The van der Waals surface area contributed by atoms with Crippen LogP contribution in [0.1, 0.15) is 24.0 Å². The SMILES string of the molecule is CC(=O)NC1(c2nc(C)cs2)CCN(c2ncc(Cl)cc2F)C1. The molecule has 0 saturated carbocycles. The van der Waals surface area contributed by atoms with Crippen molar-refractivity contribution in [3.05, 3.63) is 39.2 Å². The van der Waals surface area contributed by atoms with Crippen molar-refractivity contribution in [3.63, 3.8) is 0 Å². The van der Waals surface area contributed by atoms with Gasteiger partial charge >= 0.3 is 0 Å². The van der Waals surface area contributed by atoms with E-state index in [0.717, 1.165) is 10.7 Å². The second-order valence-electron chi connectivity index (χ2n) is 5.69. The number of halogens is 2. The van der Waals surface area contributed by atoms with Crippen LogP contribution in [-0.4, -0.2) is 29.0 Å². The Morgan fingerprint density at radius 3 is 2.96 bits per heavy atom. The Hall–Kier alpha value is -1.73. The van der Waals surface area contributed by atoms with Crippen LogP contribution in [0.5, 0.6) is 0 Å². The van der Waals surface area contributed by atoms with E-state index in [1.165, 1.54) is 30.5 Å². The number of nitrogens with one attached hydrogen (secondary N) is 1. The average Bonchev–Trinajstić information content (AvgIpc) is 3.06. The summed E-state index contributed by atoms with van der Waals surface area (Å²) >= 11 is 7.26. The van der Waals surface area contributed by atoms with E-state index in [9.17, 15) is 9.18 Å². The van der Waals surface area contributed by atoms with Gasteiger partial charge in [0, 0.05) is 37.3 Å². The predicted octanol–water partition coefficient (Wildman–Crippen LogP) is 2.88. The Morgan fingerprint density at radius 2 is 2.35 bits per heavy atom. The summed E-state index contributed by atoms with van der Waals surface area (Å²) in [4.78, 5) is 22.1. The number of amides is 1. The maximum Gasteiger partial charge on any atom is 0.217 e. The third-order valence-electron chi connectivity index (χ3n) is 3.80. The van der Waals surface area contributed by atoms with Crippen molar-refractivity contribution < 1.29 is 9.18 Å². The highest BCUT2D eigenvalue weighted by Crippen LogP contribution is 2.36. The summed E-state index contributed by atoms with van der Waals surface area (Å²) in [6.07, 6.45) is 2.06. The van der Waals surface area contributed by atoms with Crippen molar-refractivity contribution in [1.29, 1.82) is 0 Å². The van der Waals surface area contributed by atoms with E-state index in [-0.39, 0.29) is 16.7 Å². The zero-order valence-corrected chi connectivity index (χ0v) is 14.3. The summed E-state index contributed by atoms with van der Waals surface area (Å²) in [5.41, 5.74) is 0.294. The molecule has 3 heterocycles. The molecule has 1 aliphatic heterocycles. The molecule has 1 unspecified atom stereocenters. The third kappa shape index (κ3) is 3.16. The Labute approximate surface area is 142 Å². The number of anilines is 1. The minimum atomic E-state index is -0.613. The predicted molar refractivity (Wildman–Crippen MR) is 88.4 cm³/mol. The highest BCUT2D eigenvalue weighted by atomic mass is 35.5. The van der Waals surface area contributed by atoms with Gasteiger partial charge in [-0.15, -0.1) is 11.3 Å². The Kier molecular flexibility index (Phi) is 4.25. The molecule has 1 fully saturated rings. The number of carbonyl (C=O) groups excluding carboxylic acids is 1. The smallest absolute Gasteiger partial charge is 0.217 e. The number of rotatable bonds is 3. The minimum Gasteiger partial charge on any atom is -0.351 e. The zero-order valence-electron chi connectivity index (χ0n) is 12.8. The molecule has 5 nitrogen and oxygen atoms in total. The highest BCUT2D eigenvalue weighted by Gasteiger charge is 2.43. The fourth-order valence-electron chi connectivity index (χ4n) is 2.87. The highest BCUT2D eigenvalue weighted by molar-refractivity contribution is 7.09. The van der Waals surface area contributed by atoms with Gasteiger partial charge in [0.05, 0.1) is 5.02 Å². The molecule has 2 aromatic heterocycles. The van der Waals surface area contributed by atoms with E-state index in [1.807, 2.05) is 17.2 Å². The number of aromatic nitrogens is 2. The summed E-state index contributed by atoms with van der Waals surface area (Å²) in [7, 11) is 0. The molecule has 1 N–H and O–H groups in total. The molecule has 1 atom stereocenters. The van der Waals surface area contributed by atoms with Gasteiger partial charge in [-0.25, -0.2) is 14.4 Å². The number of pyridine rings is 1. The van der Waals surface area contributed by atoms with Crippen molar-refractivity contribution in [2.24, 2.45) is 0 Å². The lowest BCUT2D eigenvalue weighted by molar-refractivity contribution is -0.120. The molecule has 1 saturated heterocycles. The van der Waals surface area contributed by atoms with Crippen LogP contribution in [0.3, 0.4) is 0 Å². The van der Waals surface area contributed by atoms with Gasteiger partial charge in [-0.3, -0.25) is 4.79 Å². The first-order valence-corrected chi connectivity index (χ1v) is 8.43. The molecule has 0 bridgehead atoms. The molecule has 1 aliphatic rings. The van der Waals surface area contributed by atoms with Crippen LogP contribution in [-0.2, 0) is 10.3 Å². The summed E-state index contributed by atoms with van der Waals surface area (Å²) < 4.78 is 14.1. The Morgan fingerprint density at radius 1 is 1.57 bits per heavy atom. The first-order valence-electron chi connectivity index (χ1n) is 7.17. The molecule has 0 aliphatic carbocycles. The van der Waals surface area contributed by atoms with Gasteiger partial charge in [-0.1, -0.05) is 11.6 Å². The van der Waals surface area contributed by atoms with Crippen molar-refractivity contribution >= 4 is 34.7 Å². The standard InChI is InChI=1S/C15H16ClFN4OS/c1-9-7-23-14(19-9)15(20-10(2)22)3-4-21(8-15)13-12(17)5-11(16)6-18-13/h5-7H,3-4,8H2,1-2H3,(H,20,22). The number of hydrogen-bond acceptors (Lipinski definition) is 5. The quantitative estimate of drug-likeness (QED) is 0.920. The van der Waals surface area contributed by atoms with Crippen molar-refractivity contribution in [1.82, 2.24) is 15.3 Å². The van der Waals surface area contributed by atoms with Gasteiger partial charge in [0.25, 0.3) is 0 Å². The number of carbonyl (C=O) groups is 1. The molecule has 122 valence electrons. The van der Waals surface area contributed by atoms with Crippen LogP contribution < -0.4 is 10.2 Å². The van der Waals surface area contributed by atoms with Crippen LogP contribution in [0.2, 0.25) is 5.02 Å². The molecule has 0 radical (unpaired) electrons. The monoisotopic (exact) mass is 354 g/mol. The lowest BCUT2D eigenvalue weighted by Crippen LogP contribution is -2.47. The van der Waals surface area contributed by atoms with Gasteiger partial charge < -0.3 is 10.2 Å². The second-order valence-corrected chi connectivity index (χ2v) is 6.98. The Bertz CT molecular complexity index is 753. The number of nitrogens with zero attached hydrogens (tertiary/aromatic N) is 3. The lowest BCUT2D eigenvalue weighted by Gasteiger charge is -2.28. The molecule has 2 aromatic rings. The summed E-state index contributed by atoms with van der Waals surface area (Å²) in [5.74, 6) is -0.356. The summed E-state index contributed by atoms with van der Waals surface area (Å²) in [5, 5.41) is 6.05. The van der Waals surface area contributed by atoms with Crippen LogP contribution in [0.25, 0.3) is 0 Å². The van der Waals surface area contributed by atoms with Gasteiger partial charge in [-0.2, -0.15) is 0 Å². The van der Waals surface area contributed by atoms with Gasteiger partial charge in [-0.05, 0) is 19.4 Å². The third-order valence-corrected chi connectivity index (χ3v) is 5.17. The first kappa shape index (κ1) is 16.1. The Balaban J connectivity index is 1.93. The summed E-state index contributed by atoms with van der Waals surface area (Å²) in [6.45, 7) is 4.39. The maximum absolute atomic E-state index is 14.1. The van der Waals surface area contributed by atoms with Gasteiger partial charge in [0.15, 0.2) is 11.6 Å². The van der Waals surface area contributed by atoms with Crippen molar-refractivity contribution in [2.45, 2.75) is 25.8 Å². The van der Waals surface area contributed by atoms with E-state index >= 15 is 0 Å². The molecule has 8 heteroatoms. The molecular weight excluding hydrogens is 339 g/mol. The molecule has 3 rings (SSSR count). The van der Waals surface area contributed by atoms with E-state index in [0.29, 0.717) is 19.5 Å². The van der Waals surface area contributed by atoms with Crippen molar-refractivity contribution in [3.8, 4) is 0 Å². The van der Waals surface area contributed by atoms with E-state index in [1.54, 1.807) is 0 Å².